The van der Waals surface area contributed by atoms with E-state index in [4.69, 9.17) is 4.74 Å². The highest BCUT2D eigenvalue weighted by molar-refractivity contribution is 5.74. The van der Waals surface area contributed by atoms with Crippen molar-refractivity contribution in [3.05, 3.63) is 0 Å². The van der Waals surface area contributed by atoms with Crippen molar-refractivity contribution in [1.82, 2.24) is 10.2 Å². The highest BCUT2D eigenvalue weighted by atomic mass is 16.5. The number of hydrogen-bond acceptors (Lipinski definition) is 2. The number of carbonyl (C=O) groups excluding carboxylic acids is 1. The Bertz CT molecular complexity index is 251. The van der Waals surface area contributed by atoms with Crippen LogP contribution in [0.15, 0.2) is 0 Å². The summed E-state index contributed by atoms with van der Waals surface area (Å²) in [4.78, 5) is 13.9. The molecule has 0 aromatic rings. The summed E-state index contributed by atoms with van der Waals surface area (Å²) in [5.41, 5.74) is 0. The molecule has 0 radical (unpaired) electrons. The molecule has 2 rings (SSSR count). The second-order valence-corrected chi connectivity index (χ2v) is 5.20. The summed E-state index contributed by atoms with van der Waals surface area (Å²) < 4.78 is 5.25. The molecule has 3 atom stereocenters. The van der Waals surface area contributed by atoms with E-state index in [2.05, 4.69) is 19.2 Å². The first kappa shape index (κ1) is 11.7. The third kappa shape index (κ3) is 2.67. The van der Waals surface area contributed by atoms with Gasteiger partial charge in [-0.25, -0.2) is 4.79 Å². The summed E-state index contributed by atoms with van der Waals surface area (Å²) in [5.74, 6) is 1.35. The fraction of sp³-hybridized carbons (Fsp3) is 0.917. The Balaban J connectivity index is 1.80. The van der Waals surface area contributed by atoms with Gasteiger partial charge in [0.05, 0.1) is 12.6 Å². The van der Waals surface area contributed by atoms with Gasteiger partial charge in [0.2, 0.25) is 0 Å². The summed E-state index contributed by atoms with van der Waals surface area (Å²) in [5, 5.41) is 3.05. The molecule has 3 unspecified atom stereocenters. The van der Waals surface area contributed by atoms with Crippen LogP contribution in [-0.4, -0.2) is 43.3 Å². The summed E-state index contributed by atoms with van der Waals surface area (Å²) >= 11 is 0. The lowest BCUT2D eigenvalue weighted by Gasteiger charge is -2.35. The molecule has 0 saturated carbocycles. The largest absolute Gasteiger partial charge is 0.379 e. The highest BCUT2D eigenvalue weighted by Crippen LogP contribution is 2.22. The molecule has 0 aliphatic carbocycles. The highest BCUT2D eigenvalue weighted by Gasteiger charge is 2.27. The number of ether oxygens (including phenoxy) is 1. The first-order valence-corrected chi connectivity index (χ1v) is 6.30. The van der Waals surface area contributed by atoms with E-state index in [1.807, 2.05) is 4.90 Å². The molecule has 4 nitrogen and oxygen atoms in total. The molecule has 2 aliphatic heterocycles. The Labute approximate surface area is 97.3 Å². The lowest BCUT2D eigenvalue weighted by molar-refractivity contribution is 0.139. The quantitative estimate of drug-likeness (QED) is 0.735. The minimum absolute atomic E-state index is 0.0919. The van der Waals surface area contributed by atoms with Gasteiger partial charge < -0.3 is 15.0 Å². The van der Waals surface area contributed by atoms with Gasteiger partial charge in [-0.15, -0.1) is 0 Å². The van der Waals surface area contributed by atoms with E-state index in [-0.39, 0.29) is 12.1 Å². The van der Waals surface area contributed by atoms with Crippen LogP contribution < -0.4 is 5.32 Å². The summed E-state index contributed by atoms with van der Waals surface area (Å²) in [6.07, 6.45) is 2.07. The number of carbonyl (C=O) groups is 1. The summed E-state index contributed by atoms with van der Waals surface area (Å²) in [6.45, 7) is 7.73. The van der Waals surface area contributed by atoms with Crippen molar-refractivity contribution >= 4 is 6.03 Å². The molecule has 0 bridgehead atoms. The SMILES string of the molecule is CC1CCN(C(=O)NC2CCOC2)CC1C. The standard InChI is InChI=1S/C12H22N2O2/c1-9-3-5-14(7-10(9)2)12(15)13-11-4-6-16-8-11/h9-11H,3-8H2,1-2H3,(H,13,15). The molecule has 16 heavy (non-hydrogen) atoms. The Hall–Kier alpha value is -0.770. The number of nitrogens with one attached hydrogen (secondary N) is 1. The van der Waals surface area contributed by atoms with Crippen LogP contribution in [0.4, 0.5) is 4.79 Å². The minimum atomic E-state index is 0.0919. The molecule has 2 aliphatic rings. The molecule has 2 fully saturated rings. The van der Waals surface area contributed by atoms with E-state index in [0.29, 0.717) is 12.5 Å². The number of rotatable bonds is 1. The molecule has 1 N–H and O–H groups in total. The van der Waals surface area contributed by atoms with Gasteiger partial charge in [0, 0.05) is 19.7 Å². The van der Waals surface area contributed by atoms with E-state index < -0.39 is 0 Å². The maximum Gasteiger partial charge on any atom is 0.317 e. The fourth-order valence-corrected chi connectivity index (χ4v) is 2.36. The smallest absolute Gasteiger partial charge is 0.317 e. The molecular weight excluding hydrogens is 204 g/mol. The van der Waals surface area contributed by atoms with Gasteiger partial charge in [-0.05, 0) is 24.7 Å². The lowest BCUT2D eigenvalue weighted by Crippen LogP contribution is -2.49. The molecule has 0 aromatic carbocycles. The van der Waals surface area contributed by atoms with Gasteiger partial charge >= 0.3 is 6.03 Å². The van der Waals surface area contributed by atoms with Gasteiger partial charge in [-0.2, -0.15) is 0 Å². The first-order valence-electron chi connectivity index (χ1n) is 6.30. The van der Waals surface area contributed by atoms with Crippen LogP contribution in [0.5, 0.6) is 0 Å². The van der Waals surface area contributed by atoms with Gasteiger partial charge in [0.1, 0.15) is 0 Å². The van der Waals surface area contributed by atoms with Crippen LogP contribution in [0, 0.1) is 11.8 Å². The lowest BCUT2D eigenvalue weighted by atomic mass is 9.89. The molecule has 0 spiro atoms. The maximum absolute atomic E-state index is 12.0. The van der Waals surface area contributed by atoms with Crippen molar-refractivity contribution < 1.29 is 9.53 Å². The summed E-state index contributed by atoms with van der Waals surface area (Å²) in [6, 6.07) is 0.316. The Morgan fingerprint density at radius 1 is 1.31 bits per heavy atom. The Morgan fingerprint density at radius 3 is 2.75 bits per heavy atom. The predicted octanol–water partition coefficient (Wildman–Crippen LogP) is 1.46. The van der Waals surface area contributed by atoms with Crippen molar-refractivity contribution in [2.24, 2.45) is 11.8 Å². The Morgan fingerprint density at radius 2 is 2.12 bits per heavy atom. The third-order valence-electron chi connectivity index (χ3n) is 3.88. The van der Waals surface area contributed by atoms with E-state index in [1.165, 1.54) is 0 Å². The molecule has 0 aromatic heterocycles. The van der Waals surface area contributed by atoms with E-state index in [0.717, 1.165) is 38.5 Å². The molecule has 2 saturated heterocycles. The minimum Gasteiger partial charge on any atom is -0.379 e. The van der Waals surface area contributed by atoms with E-state index >= 15 is 0 Å². The second-order valence-electron chi connectivity index (χ2n) is 5.20. The number of amides is 2. The maximum atomic E-state index is 12.0. The number of piperidine rings is 1. The van der Waals surface area contributed by atoms with Crippen molar-refractivity contribution in [3.8, 4) is 0 Å². The zero-order chi connectivity index (χ0) is 11.5. The van der Waals surface area contributed by atoms with Crippen LogP contribution in [0.25, 0.3) is 0 Å². The summed E-state index contributed by atoms with van der Waals surface area (Å²) in [7, 11) is 0. The second kappa shape index (κ2) is 5.04. The average molecular weight is 226 g/mol. The third-order valence-corrected chi connectivity index (χ3v) is 3.88. The van der Waals surface area contributed by atoms with Crippen LogP contribution in [0.3, 0.4) is 0 Å². The van der Waals surface area contributed by atoms with Crippen molar-refractivity contribution in [1.29, 1.82) is 0 Å². The van der Waals surface area contributed by atoms with Gasteiger partial charge in [0.25, 0.3) is 0 Å². The number of hydrogen-bond donors (Lipinski definition) is 1. The normalized spacial score (nSPS) is 35.1. The predicted molar refractivity (Wildman–Crippen MR) is 62.3 cm³/mol. The topological polar surface area (TPSA) is 41.6 Å². The monoisotopic (exact) mass is 226 g/mol. The Kier molecular flexibility index (Phi) is 3.69. The van der Waals surface area contributed by atoms with Gasteiger partial charge in [0.15, 0.2) is 0 Å². The van der Waals surface area contributed by atoms with Crippen molar-refractivity contribution in [2.45, 2.75) is 32.7 Å². The number of likely N-dealkylation sites (tertiary alicyclic amines) is 1. The number of urea groups is 1. The molecular formula is C12H22N2O2. The zero-order valence-electron chi connectivity index (χ0n) is 10.2. The number of nitrogens with zero attached hydrogens (tertiary/aromatic N) is 1. The van der Waals surface area contributed by atoms with Crippen molar-refractivity contribution in [2.75, 3.05) is 26.3 Å². The van der Waals surface area contributed by atoms with Crippen molar-refractivity contribution in [3.63, 3.8) is 0 Å². The molecule has 4 heteroatoms. The van der Waals surface area contributed by atoms with Gasteiger partial charge in [-0.3, -0.25) is 0 Å². The average Bonchev–Trinajstić information content (AvgIpc) is 2.74. The van der Waals surface area contributed by atoms with Crippen LogP contribution in [0.2, 0.25) is 0 Å². The first-order chi connectivity index (χ1) is 7.66. The molecule has 92 valence electrons. The molecule has 2 heterocycles. The van der Waals surface area contributed by atoms with E-state index in [9.17, 15) is 4.79 Å². The van der Waals surface area contributed by atoms with E-state index in [1.54, 1.807) is 0 Å². The van der Waals surface area contributed by atoms with Gasteiger partial charge in [-0.1, -0.05) is 13.8 Å². The fourth-order valence-electron chi connectivity index (χ4n) is 2.36. The zero-order valence-corrected chi connectivity index (χ0v) is 10.2. The van der Waals surface area contributed by atoms with Crippen LogP contribution >= 0.6 is 0 Å². The van der Waals surface area contributed by atoms with Crippen LogP contribution in [-0.2, 0) is 4.74 Å². The van der Waals surface area contributed by atoms with Crippen LogP contribution in [0.1, 0.15) is 26.7 Å². The molecule has 2 amide bonds.